The van der Waals surface area contributed by atoms with E-state index in [4.69, 9.17) is 10.7 Å². The van der Waals surface area contributed by atoms with E-state index in [1.807, 2.05) is 6.07 Å². The molecule has 0 bridgehead atoms. The maximum atomic E-state index is 5.89. The highest BCUT2D eigenvalue weighted by molar-refractivity contribution is 7.17. The number of thiophene rings is 1. The zero-order valence-corrected chi connectivity index (χ0v) is 14.5. The molecule has 0 aliphatic carbocycles. The minimum Gasteiger partial charge on any atom is -0.330 e. The quantitative estimate of drug-likeness (QED) is 0.590. The molecule has 0 aliphatic heterocycles. The van der Waals surface area contributed by atoms with Gasteiger partial charge in [-0.3, -0.25) is 4.40 Å². The molecule has 0 radical (unpaired) electrons. The van der Waals surface area contributed by atoms with Crippen molar-refractivity contribution in [1.29, 1.82) is 0 Å². The molecule has 0 fully saturated rings. The summed E-state index contributed by atoms with van der Waals surface area (Å²) in [5, 5.41) is 2.10. The lowest BCUT2D eigenvalue weighted by Gasteiger charge is -2.07. The fourth-order valence-corrected chi connectivity index (χ4v) is 4.72. The van der Waals surface area contributed by atoms with Crippen molar-refractivity contribution in [2.75, 3.05) is 6.54 Å². The van der Waals surface area contributed by atoms with Crippen LogP contribution >= 0.6 is 22.7 Å². The summed E-state index contributed by atoms with van der Waals surface area (Å²) in [6.45, 7) is 2.79. The first-order valence-corrected chi connectivity index (χ1v) is 9.29. The molecule has 3 heterocycles. The second kappa shape index (κ2) is 5.92. The number of benzene rings is 1. The van der Waals surface area contributed by atoms with E-state index >= 15 is 0 Å². The van der Waals surface area contributed by atoms with E-state index in [9.17, 15) is 0 Å². The van der Waals surface area contributed by atoms with Crippen LogP contribution in [0.5, 0.6) is 0 Å². The standard InChI is InChI=1S/C18H17N3S2/c1-12-17(13-6-3-2-4-7-13)21-14(9-10-19)16(20-18(21)23-12)15-8-5-11-22-15/h2-8,11H,9-10,19H2,1H3. The van der Waals surface area contributed by atoms with E-state index in [0.29, 0.717) is 6.54 Å². The van der Waals surface area contributed by atoms with E-state index < -0.39 is 0 Å². The van der Waals surface area contributed by atoms with Gasteiger partial charge in [0.05, 0.1) is 16.3 Å². The van der Waals surface area contributed by atoms with Gasteiger partial charge in [-0.25, -0.2) is 4.98 Å². The van der Waals surface area contributed by atoms with Crippen LogP contribution in [0.2, 0.25) is 0 Å². The van der Waals surface area contributed by atoms with Crippen molar-refractivity contribution in [3.8, 4) is 21.8 Å². The van der Waals surface area contributed by atoms with Crippen molar-refractivity contribution in [2.24, 2.45) is 5.73 Å². The first-order chi connectivity index (χ1) is 11.3. The minimum atomic E-state index is 0.620. The molecule has 2 N–H and O–H groups in total. The average molecular weight is 339 g/mol. The Labute approximate surface area is 143 Å². The highest BCUT2D eigenvalue weighted by Crippen LogP contribution is 2.37. The molecule has 1 aromatic carbocycles. The van der Waals surface area contributed by atoms with Crippen LogP contribution in [0, 0.1) is 6.92 Å². The molecule has 23 heavy (non-hydrogen) atoms. The van der Waals surface area contributed by atoms with E-state index in [-0.39, 0.29) is 0 Å². The number of imidazole rings is 1. The smallest absolute Gasteiger partial charge is 0.195 e. The Kier molecular flexibility index (Phi) is 3.77. The molecule has 0 saturated carbocycles. The van der Waals surface area contributed by atoms with Crippen LogP contribution in [-0.2, 0) is 6.42 Å². The maximum absolute atomic E-state index is 5.89. The molecule has 0 saturated heterocycles. The normalized spacial score (nSPS) is 11.4. The third-order valence-corrected chi connectivity index (χ3v) is 5.76. The first kappa shape index (κ1) is 14.6. The number of nitrogens with two attached hydrogens (primary N) is 1. The second-order valence-corrected chi connectivity index (χ2v) is 7.54. The Morgan fingerprint density at radius 3 is 2.65 bits per heavy atom. The van der Waals surface area contributed by atoms with Crippen LogP contribution in [0.4, 0.5) is 0 Å². The van der Waals surface area contributed by atoms with Gasteiger partial charge in [0.1, 0.15) is 5.69 Å². The minimum absolute atomic E-state index is 0.620. The monoisotopic (exact) mass is 339 g/mol. The van der Waals surface area contributed by atoms with Gasteiger partial charge < -0.3 is 5.73 Å². The van der Waals surface area contributed by atoms with Crippen molar-refractivity contribution >= 4 is 27.6 Å². The average Bonchev–Trinajstić information content (AvgIpc) is 3.25. The molecule has 116 valence electrons. The number of hydrogen-bond donors (Lipinski definition) is 1. The summed E-state index contributed by atoms with van der Waals surface area (Å²) in [7, 11) is 0. The van der Waals surface area contributed by atoms with Crippen molar-refractivity contribution in [1.82, 2.24) is 9.38 Å². The molecule has 5 heteroatoms. The Hall–Kier alpha value is -1.95. The number of fused-ring (bicyclic) bond motifs is 1. The van der Waals surface area contributed by atoms with Crippen LogP contribution < -0.4 is 5.73 Å². The number of hydrogen-bond acceptors (Lipinski definition) is 4. The summed E-state index contributed by atoms with van der Waals surface area (Å²) < 4.78 is 2.30. The zero-order valence-electron chi connectivity index (χ0n) is 12.8. The van der Waals surface area contributed by atoms with Gasteiger partial charge in [0.25, 0.3) is 0 Å². The Balaban J connectivity index is 2.02. The highest BCUT2D eigenvalue weighted by Gasteiger charge is 2.20. The molecule has 3 aromatic heterocycles. The lowest BCUT2D eigenvalue weighted by atomic mass is 10.1. The van der Waals surface area contributed by atoms with Gasteiger partial charge in [-0.05, 0) is 30.5 Å². The van der Waals surface area contributed by atoms with Gasteiger partial charge in [0.15, 0.2) is 4.96 Å². The number of thiazole rings is 1. The van der Waals surface area contributed by atoms with Crippen molar-refractivity contribution in [3.05, 3.63) is 58.4 Å². The highest BCUT2D eigenvalue weighted by atomic mass is 32.1. The number of aryl methyl sites for hydroxylation is 1. The van der Waals surface area contributed by atoms with Crippen molar-refractivity contribution < 1.29 is 0 Å². The molecule has 0 aliphatic rings. The molecular formula is C18H17N3S2. The summed E-state index contributed by atoms with van der Waals surface area (Å²) in [5.74, 6) is 0. The van der Waals surface area contributed by atoms with Crippen LogP contribution in [-0.4, -0.2) is 15.9 Å². The third-order valence-electron chi connectivity index (χ3n) is 3.93. The van der Waals surface area contributed by atoms with E-state index in [1.54, 1.807) is 22.7 Å². The van der Waals surface area contributed by atoms with Crippen LogP contribution in [0.15, 0.2) is 47.8 Å². The van der Waals surface area contributed by atoms with Gasteiger partial charge in [0.2, 0.25) is 0 Å². The van der Waals surface area contributed by atoms with E-state index in [1.165, 1.54) is 26.7 Å². The van der Waals surface area contributed by atoms with Gasteiger partial charge in [-0.2, -0.15) is 0 Å². The van der Waals surface area contributed by atoms with Crippen molar-refractivity contribution in [3.63, 3.8) is 0 Å². The van der Waals surface area contributed by atoms with Crippen LogP contribution in [0.25, 0.3) is 26.8 Å². The fraction of sp³-hybridized carbons (Fsp3) is 0.167. The maximum Gasteiger partial charge on any atom is 0.195 e. The second-order valence-electron chi connectivity index (χ2n) is 5.41. The summed E-state index contributed by atoms with van der Waals surface area (Å²) in [6, 6.07) is 14.7. The molecule has 3 nitrogen and oxygen atoms in total. The van der Waals surface area contributed by atoms with E-state index in [0.717, 1.165) is 17.1 Å². The number of aromatic nitrogens is 2. The van der Waals surface area contributed by atoms with Gasteiger partial charge in [0, 0.05) is 11.3 Å². The van der Waals surface area contributed by atoms with Crippen LogP contribution in [0.1, 0.15) is 10.6 Å². The molecule has 0 unspecified atom stereocenters. The number of rotatable bonds is 4. The summed E-state index contributed by atoms with van der Waals surface area (Å²) in [4.78, 5) is 8.46. The zero-order chi connectivity index (χ0) is 15.8. The summed E-state index contributed by atoms with van der Waals surface area (Å²) >= 11 is 3.48. The predicted molar refractivity (Wildman–Crippen MR) is 99.3 cm³/mol. The Morgan fingerprint density at radius 1 is 1.13 bits per heavy atom. The molecule has 4 rings (SSSR count). The molecule has 0 spiro atoms. The van der Waals surface area contributed by atoms with Gasteiger partial charge in [-0.1, -0.05) is 36.4 Å². The predicted octanol–water partition coefficient (Wildman–Crippen LogP) is 4.60. The first-order valence-electron chi connectivity index (χ1n) is 7.59. The van der Waals surface area contributed by atoms with Crippen molar-refractivity contribution in [2.45, 2.75) is 13.3 Å². The molecule has 0 atom stereocenters. The fourth-order valence-electron chi connectivity index (χ4n) is 2.98. The Bertz CT molecular complexity index is 934. The lowest BCUT2D eigenvalue weighted by molar-refractivity contribution is 0.913. The third kappa shape index (κ3) is 2.41. The van der Waals surface area contributed by atoms with E-state index in [2.05, 4.69) is 53.1 Å². The van der Waals surface area contributed by atoms with Gasteiger partial charge in [-0.15, -0.1) is 22.7 Å². The summed E-state index contributed by atoms with van der Waals surface area (Å²) in [6.07, 6.45) is 0.824. The summed E-state index contributed by atoms with van der Waals surface area (Å²) in [5.41, 5.74) is 10.7. The Morgan fingerprint density at radius 2 is 1.96 bits per heavy atom. The van der Waals surface area contributed by atoms with Gasteiger partial charge >= 0.3 is 0 Å². The lowest BCUT2D eigenvalue weighted by Crippen LogP contribution is -2.06. The topological polar surface area (TPSA) is 43.3 Å². The molecular weight excluding hydrogens is 322 g/mol. The molecule has 4 aromatic rings. The van der Waals surface area contributed by atoms with Crippen LogP contribution in [0.3, 0.4) is 0 Å². The number of nitrogens with zero attached hydrogens (tertiary/aromatic N) is 2. The largest absolute Gasteiger partial charge is 0.330 e. The SMILES string of the molecule is Cc1sc2nc(-c3cccs3)c(CCN)n2c1-c1ccccc1. The molecule has 0 amide bonds.